The van der Waals surface area contributed by atoms with Crippen LogP contribution in [-0.4, -0.2) is 54.4 Å². The molecule has 1 aromatic heterocycles. The summed E-state index contributed by atoms with van der Waals surface area (Å²) >= 11 is 1.41. The number of alkyl halides is 2. The molecule has 0 bridgehead atoms. The number of carbonyl (C=O) groups is 1. The zero-order valence-electron chi connectivity index (χ0n) is 19.5. The molecule has 33 heavy (non-hydrogen) atoms. The van der Waals surface area contributed by atoms with Gasteiger partial charge in [0, 0.05) is 38.6 Å². The lowest BCUT2D eigenvalue weighted by Crippen LogP contribution is -2.53. The molecule has 0 radical (unpaired) electrons. The van der Waals surface area contributed by atoms with E-state index in [1.807, 2.05) is 0 Å². The van der Waals surface area contributed by atoms with E-state index in [1.165, 1.54) is 17.4 Å². The maximum atomic E-state index is 12.8. The van der Waals surface area contributed by atoms with Gasteiger partial charge in [0.15, 0.2) is 0 Å². The van der Waals surface area contributed by atoms with E-state index in [0.29, 0.717) is 38.1 Å². The highest BCUT2D eigenvalue weighted by Gasteiger charge is 2.48. The summed E-state index contributed by atoms with van der Waals surface area (Å²) in [5.41, 5.74) is -0.372. The van der Waals surface area contributed by atoms with E-state index in [9.17, 15) is 18.7 Å². The first-order chi connectivity index (χ1) is 15.5. The maximum Gasteiger partial charge on any atom is 0.387 e. The fourth-order valence-corrected chi connectivity index (χ4v) is 5.40. The SMILES string of the molecule is COCC[C@@]1(C(=O)O)C[C@@H](C(C)(C)C)CN(Cc2ncc(-c3ccccc3OC(F)F)s2)C1. The van der Waals surface area contributed by atoms with E-state index in [1.54, 1.807) is 31.5 Å². The number of hydrogen-bond acceptors (Lipinski definition) is 6. The highest BCUT2D eigenvalue weighted by molar-refractivity contribution is 7.15. The van der Waals surface area contributed by atoms with Crippen LogP contribution in [-0.2, 0) is 16.1 Å². The van der Waals surface area contributed by atoms with Gasteiger partial charge in [-0.05, 0) is 36.3 Å². The summed E-state index contributed by atoms with van der Waals surface area (Å²) < 4.78 is 35.5. The number of aromatic nitrogens is 1. The number of piperidine rings is 1. The van der Waals surface area contributed by atoms with Crippen LogP contribution in [0, 0.1) is 16.7 Å². The molecule has 1 fully saturated rings. The van der Waals surface area contributed by atoms with Crippen molar-refractivity contribution in [2.75, 3.05) is 26.8 Å². The lowest BCUT2D eigenvalue weighted by Gasteiger charge is -2.47. The number of aliphatic carboxylic acids is 1. The number of benzene rings is 1. The number of hydrogen-bond donors (Lipinski definition) is 1. The Bertz CT molecular complexity index is 947. The molecule has 0 aliphatic carbocycles. The molecular weight excluding hydrogens is 450 g/mol. The van der Waals surface area contributed by atoms with Crippen molar-refractivity contribution in [3.8, 4) is 16.2 Å². The summed E-state index contributed by atoms with van der Waals surface area (Å²) in [6, 6.07) is 6.65. The van der Waals surface area contributed by atoms with Gasteiger partial charge in [-0.3, -0.25) is 9.69 Å². The Hall–Kier alpha value is -2.10. The third-order valence-corrected chi connectivity index (χ3v) is 7.40. The molecule has 1 saturated heterocycles. The Kier molecular flexibility index (Phi) is 8.08. The minimum Gasteiger partial charge on any atom is -0.481 e. The van der Waals surface area contributed by atoms with Crippen molar-refractivity contribution in [3.63, 3.8) is 0 Å². The van der Waals surface area contributed by atoms with Crippen LogP contribution < -0.4 is 4.74 Å². The predicted octanol–water partition coefficient (Wildman–Crippen LogP) is 5.39. The minimum atomic E-state index is -2.91. The van der Waals surface area contributed by atoms with Crippen LogP contribution in [0.2, 0.25) is 0 Å². The molecule has 1 aliphatic heterocycles. The number of methoxy groups -OCH3 is 1. The van der Waals surface area contributed by atoms with Crippen molar-refractivity contribution < 1.29 is 28.2 Å². The molecule has 3 rings (SSSR count). The molecule has 2 aromatic rings. The fraction of sp³-hybridized carbons (Fsp3) is 0.583. The number of thiazole rings is 1. The van der Waals surface area contributed by atoms with Crippen LogP contribution in [0.4, 0.5) is 8.78 Å². The van der Waals surface area contributed by atoms with Crippen LogP contribution in [0.5, 0.6) is 5.75 Å². The van der Waals surface area contributed by atoms with Gasteiger partial charge in [0.05, 0.1) is 16.8 Å². The van der Waals surface area contributed by atoms with Crippen molar-refractivity contribution >= 4 is 17.3 Å². The molecule has 9 heteroatoms. The van der Waals surface area contributed by atoms with Gasteiger partial charge in [-0.25, -0.2) is 4.98 Å². The number of ether oxygens (including phenoxy) is 2. The summed E-state index contributed by atoms with van der Waals surface area (Å²) in [4.78, 5) is 19.8. The van der Waals surface area contributed by atoms with Crippen LogP contribution in [0.1, 0.15) is 38.6 Å². The number of likely N-dealkylation sites (tertiary alicyclic amines) is 1. The molecule has 1 aliphatic rings. The average Bonchev–Trinajstić information content (AvgIpc) is 3.19. The van der Waals surface area contributed by atoms with Crippen LogP contribution in [0.25, 0.3) is 10.4 Å². The monoisotopic (exact) mass is 482 g/mol. The lowest BCUT2D eigenvalue weighted by atomic mass is 9.66. The summed E-state index contributed by atoms with van der Waals surface area (Å²) in [5.74, 6) is -0.492. The summed E-state index contributed by atoms with van der Waals surface area (Å²) in [5, 5.41) is 11.0. The van der Waals surface area contributed by atoms with Gasteiger partial charge in [-0.15, -0.1) is 11.3 Å². The van der Waals surface area contributed by atoms with Gasteiger partial charge in [0.2, 0.25) is 0 Å². The molecular formula is C24H32F2N2O4S. The molecule has 182 valence electrons. The second-order valence-electron chi connectivity index (χ2n) is 9.76. The van der Waals surface area contributed by atoms with E-state index >= 15 is 0 Å². The Labute approximate surface area is 197 Å². The first-order valence-electron chi connectivity index (χ1n) is 11.0. The van der Waals surface area contributed by atoms with Crippen LogP contribution >= 0.6 is 11.3 Å². The van der Waals surface area contributed by atoms with Crippen LogP contribution in [0.3, 0.4) is 0 Å². The zero-order chi connectivity index (χ0) is 24.2. The van der Waals surface area contributed by atoms with Crippen molar-refractivity contribution in [3.05, 3.63) is 35.5 Å². The van der Waals surface area contributed by atoms with Gasteiger partial charge in [0.1, 0.15) is 10.8 Å². The quantitative estimate of drug-likeness (QED) is 0.517. The van der Waals surface area contributed by atoms with Crippen molar-refractivity contribution in [2.24, 2.45) is 16.7 Å². The third-order valence-electron chi connectivity index (χ3n) is 6.39. The first kappa shape index (κ1) is 25.5. The third kappa shape index (κ3) is 6.28. The number of rotatable bonds is 9. The fourth-order valence-electron chi connectivity index (χ4n) is 4.41. The van der Waals surface area contributed by atoms with Crippen molar-refractivity contribution in [1.82, 2.24) is 9.88 Å². The number of para-hydroxylation sites is 1. The summed E-state index contributed by atoms with van der Waals surface area (Å²) in [6.45, 7) is 5.60. The number of nitrogens with zero attached hydrogens (tertiary/aromatic N) is 2. The highest BCUT2D eigenvalue weighted by atomic mass is 32.1. The molecule has 1 aromatic carbocycles. The van der Waals surface area contributed by atoms with Gasteiger partial charge >= 0.3 is 12.6 Å². The van der Waals surface area contributed by atoms with Crippen molar-refractivity contribution in [1.29, 1.82) is 0 Å². The number of halogens is 2. The van der Waals surface area contributed by atoms with Crippen molar-refractivity contribution in [2.45, 2.75) is 46.8 Å². The normalized spacial score (nSPS) is 22.0. The molecule has 0 unspecified atom stereocenters. The topological polar surface area (TPSA) is 71.9 Å². The second kappa shape index (κ2) is 10.4. The zero-order valence-corrected chi connectivity index (χ0v) is 20.3. The average molecular weight is 483 g/mol. The van der Waals surface area contributed by atoms with E-state index in [2.05, 4.69) is 35.4 Å². The maximum absolute atomic E-state index is 12.8. The molecule has 1 N–H and O–H groups in total. The van der Waals surface area contributed by atoms with Gasteiger partial charge in [-0.2, -0.15) is 8.78 Å². The Balaban J connectivity index is 1.84. The van der Waals surface area contributed by atoms with E-state index < -0.39 is 18.0 Å². The largest absolute Gasteiger partial charge is 0.481 e. The molecule has 2 heterocycles. The number of carboxylic acids is 1. The van der Waals surface area contributed by atoms with Crippen LogP contribution in [0.15, 0.2) is 30.5 Å². The smallest absolute Gasteiger partial charge is 0.387 e. The first-order valence-corrected chi connectivity index (χ1v) is 11.8. The van der Waals surface area contributed by atoms with Gasteiger partial charge < -0.3 is 14.6 Å². The van der Waals surface area contributed by atoms with Gasteiger partial charge in [-0.1, -0.05) is 32.9 Å². The lowest BCUT2D eigenvalue weighted by molar-refractivity contribution is -0.157. The molecule has 0 spiro atoms. The van der Waals surface area contributed by atoms with E-state index in [0.717, 1.165) is 16.4 Å². The highest BCUT2D eigenvalue weighted by Crippen LogP contribution is 2.44. The minimum absolute atomic E-state index is 0.0496. The van der Waals surface area contributed by atoms with Gasteiger partial charge in [0.25, 0.3) is 0 Å². The Morgan fingerprint density at radius 2 is 2.09 bits per heavy atom. The Morgan fingerprint density at radius 3 is 2.73 bits per heavy atom. The Morgan fingerprint density at radius 1 is 1.36 bits per heavy atom. The molecule has 0 saturated carbocycles. The predicted molar refractivity (Wildman–Crippen MR) is 124 cm³/mol. The summed E-state index contributed by atoms with van der Waals surface area (Å²) in [6.07, 6.45) is 2.71. The molecule has 6 nitrogen and oxygen atoms in total. The standard InChI is InChI=1S/C24H32F2N2O4S/c1-23(2,3)16-11-24(21(29)30,9-10-31-4)15-28(13-16)14-20-27-12-19(33-20)17-7-5-6-8-18(17)32-22(25)26/h5-8,12,16,22H,9-11,13-15H2,1-4H3,(H,29,30)/t16-,24-/m1/s1. The number of carboxylic acid groups (broad SMARTS) is 1. The van der Waals surface area contributed by atoms with E-state index in [4.69, 9.17) is 4.74 Å². The molecule has 2 atom stereocenters. The van der Waals surface area contributed by atoms with E-state index in [-0.39, 0.29) is 17.1 Å². The second-order valence-corrected chi connectivity index (χ2v) is 10.9. The molecule has 0 amide bonds. The summed E-state index contributed by atoms with van der Waals surface area (Å²) in [7, 11) is 1.59.